The predicted molar refractivity (Wildman–Crippen MR) is 239 cm³/mol. The van der Waals surface area contributed by atoms with Crippen molar-refractivity contribution in [1.29, 1.82) is 0 Å². The normalized spacial score (nSPS) is 10.1. The Morgan fingerprint density at radius 3 is 1.26 bits per heavy atom. The van der Waals surface area contributed by atoms with Crippen molar-refractivity contribution in [1.82, 2.24) is 15.0 Å². The zero-order valence-electron chi connectivity index (χ0n) is 36.9. The molecule has 0 aliphatic rings. The van der Waals surface area contributed by atoms with E-state index < -0.39 is 0 Å². The summed E-state index contributed by atoms with van der Waals surface area (Å²) >= 11 is 0. The van der Waals surface area contributed by atoms with E-state index in [0.29, 0.717) is 35.5 Å². The second kappa shape index (κ2) is 29.7. The predicted octanol–water partition coefficient (Wildman–Crippen LogP) is 11.6. The highest BCUT2D eigenvalue weighted by Crippen LogP contribution is 2.13. The lowest BCUT2D eigenvalue weighted by molar-refractivity contribution is -0.912. The Bertz CT molecular complexity index is 1760. The number of hydrogen-bond acceptors (Lipinski definition) is 5. The van der Waals surface area contributed by atoms with Crippen LogP contribution in [0.15, 0.2) is 147 Å². The van der Waals surface area contributed by atoms with Gasteiger partial charge in [0.15, 0.2) is 18.1 Å². The van der Waals surface area contributed by atoms with E-state index in [9.17, 15) is 0 Å². The van der Waals surface area contributed by atoms with Crippen molar-refractivity contribution in [3.63, 3.8) is 0 Å². The molecule has 0 aliphatic heterocycles. The van der Waals surface area contributed by atoms with E-state index in [-0.39, 0.29) is 7.43 Å². The number of nitrogens with zero attached hydrogens (tertiary/aromatic N) is 6. The summed E-state index contributed by atoms with van der Waals surface area (Å²) in [5, 5.41) is 18.0. The van der Waals surface area contributed by atoms with Crippen LogP contribution in [-0.2, 0) is 7.05 Å². The summed E-state index contributed by atoms with van der Waals surface area (Å²) in [6.07, 6.45) is 17.9. The molecule has 5 heterocycles. The van der Waals surface area contributed by atoms with Gasteiger partial charge in [-0.2, -0.15) is 0 Å². The molecule has 0 spiro atoms. The minimum Gasteiger partial charge on any atom is -0.350 e. The minimum atomic E-state index is 0. The van der Waals surface area contributed by atoms with Gasteiger partial charge in [-0.3, -0.25) is 15.2 Å². The molecule has 58 heavy (non-hydrogen) atoms. The molecule has 6 rings (SSSR count). The van der Waals surface area contributed by atoms with Crippen LogP contribution in [0.25, 0.3) is 0 Å². The summed E-state index contributed by atoms with van der Waals surface area (Å²) in [5.41, 5.74) is 7.57. The number of hydrogen-bond donors (Lipinski definition) is 2. The van der Waals surface area contributed by atoms with E-state index in [4.69, 9.17) is 10.4 Å². The first-order valence-electron chi connectivity index (χ1n) is 20.1. The molecule has 8 heteroatoms. The Hall–Kier alpha value is -5.50. The van der Waals surface area contributed by atoms with Crippen LogP contribution >= 0.6 is 0 Å². The molecule has 2 N–H and O–H groups in total. The molecular formula is C50H75N6O2+3. The summed E-state index contributed by atoms with van der Waals surface area (Å²) in [6.45, 7) is 25.8. The largest absolute Gasteiger partial charge is 0.350 e. The van der Waals surface area contributed by atoms with Crippen molar-refractivity contribution in [2.45, 2.75) is 126 Å². The number of aromatic nitrogens is 6. The van der Waals surface area contributed by atoms with Gasteiger partial charge in [0.05, 0.1) is 0 Å². The molecule has 6 aromatic rings. The fraction of sp³-hybridized carbons (Fsp3) is 0.400. The second-order valence-electron chi connectivity index (χ2n) is 15.6. The molecule has 0 radical (unpaired) electrons. The van der Waals surface area contributed by atoms with Crippen LogP contribution in [0.3, 0.4) is 0 Å². The number of aryl methyl sites for hydroxylation is 1. The summed E-state index contributed by atoms with van der Waals surface area (Å²) in [7, 11) is 2.05. The van der Waals surface area contributed by atoms with E-state index in [0.717, 1.165) is 15.2 Å². The van der Waals surface area contributed by atoms with Crippen molar-refractivity contribution in [3.05, 3.63) is 181 Å². The number of rotatable bonds is 6. The summed E-state index contributed by atoms with van der Waals surface area (Å²) in [6, 6.07) is 28.5. The molecule has 0 saturated heterocycles. The summed E-state index contributed by atoms with van der Waals surface area (Å²) < 4.78 is 4.17. The average molecular weight is 792 g/mol. The Labute approximate surface area is 351 Å². The molecule has 0 bridgehead atoms. The van der Waals surface area contributed by atoms with Gasteiger partial charge in [0, 0.05) is 65.3 Å². The van der Waals surface area contributed by atoms with Crippen molar-refractivity contribution in [2.24, 2.45) is 7.05 Å². The van der Waals surface area contributed by atoms with E-state index in [1.807, 2.05) is 82.1 Å². The zero-order valence-corrected chi connectivity index (χ0v) is 36.9. The number of pyridine rings is 4. The van der Waals surface area contributed by atoms with Gasteiger partial charge < -0.3 is 5.21 Å². The summed E-state index contributed by atoms with van der Waals surface area (Å²) in [5.74, 6) is 3.36. The first kappa shape index (κ1) is 52.5. The van der Waals surface area contributed by atoms with Crippen LogP contribution in [0, 0.1) is 0 Å². The van der Waals surface area contributed by atoms with E-state index in [2.05, 4.69) is 137 Å². The highest BCUT2D eigenvalue weighted by atomic mass is 16.5. The first-order valence-corrected chi connectivity index (χ1v) is 20.1. The van der Waals surface area contributed by atoms with Gasteiger partial charge in [-0.05, 0) is 76.1 Å². The van der Waals surface area contributed by atoms with Gasteiger partial charge in [0.2, 0.25) is 12.4 Å². The van der Waals surface area contributed by atoms with Crippen molar-refractivity contribution in [2.75, 3.05) is 0 Å². The van der Waals surface area contributed by atoms with E-state index in [1.54, 1.807) is 30.9 Å². The quantitative estimate of drug-likeness (QED) is 0.129. The van der Waals surface area contributed by atoms with Crippen LogP contribution < -0.4 is 14.0 Å². The van der Waals surface area contributed by atoms with Crippen LogP contribution in [0.5, 0.6) is 0 Å². The molecule has 0 fully saturated rings. The number of benzene rings is 1. The maximum Gasteiger partial charge on any atom is 0.324 e. The third-order valence-electron chi connectivity index (χ3n) is 8.69. The molecule has 314 valence electrons. The Morgan fingerprint density at radius 2 is 0.897 bits per heavy atom. The van der Waals surface area contributed by atoms with Gasteiger partial charge in [0.1, 0.15) is 13.2 Å². The van der Waals surface area contributed by atoms with Crippen LogP contribution in [0.4, 0.5) is 0 Å². The molecule has 0 amide bonds. The lowest BCUT2D eigenvalue weighted by Crippen LogP contribution is -2.35. The highest BCUT2D eigenvalue weighted by Gasteiger charge is 2.08. The van der Waals surface area contributed by atoms with Gasteiger partial charge >= 0.3 is 6.33 Å². The van der Waals surface area contributed by atoms with Crippen LogP contribution in [0.2, 0.25) is 0 Å². The monoisotopic (exact) mass is 792 g/mol. The second-order valence-corrected chi connectivity index (χ2v) is 15.6. The van der Waals surface area contributed by atoms with Crippen molar-refractivity contribution >= 4 is 0 Å². The Kier molecular flexibility index (Phi) is 26.9. The zero-order chi connectivity index (χ0) is 42.8. The van der Waals surface area contributed by atoms with Gasteiger partial charge in [-0.25, -0.2) is 4.57 Å². The smallest absolute Gasteiger partial charge is 0.324 e. The molecule has 0 aliphatic carbocycles. The molecular weight excluding hydrogens is 717 g/mol. The maximum absolute atomic E-state index is 9.14. The SMILES string of the molecule is C.CC(C)c1cc[n+](O)cc1.CC(C)c1ccc[n+](C)c1.CC(C)c1ccccc1.CC(C)c1cccnc1.CC(C)c1ccnc[n+]1O.CC(C)c1ccncc1. The average Bonchev–Trinajstić information content (AvgIpc) is 3.20. The molecule has 0 saturated carbocycles. The van der Waals surface area contributed by atoms with Gasteiger partial charge in [-0.15, -0.1) is 0 Å². The van der Waals surface area contributed by atoms with Crippen molar-refractivity contribution < 1.29 is 24.4 Å². The molecule has 0 unspecified atom stereocenters. The van der Waals surface area contributed by atoms with E-state index >= 15 is 0 Å². The Balaban J connectivity index is 0.000000670. The highest BCUT2D eigenvalue weighted by molar-refractivity contribution is 5.18. The summed E-state index contributed by atoms with van der Waals surface area (Å²) in [4.78, 5) is 11.7. The molecule has 8 nitrogen and oxygen atoms in total. The first-order chi connectivity index (χ1) is 27.0. The van der Waals surface area contributed by atoms with Gasteiger partial charge in [0.25, 0.3) is 0 Å². The fourth-order valence-corrected chi connectivity index (χ4v) is 4.89. The standard InChI is InChI=1S/C9H14N.C9H12.C8H12NO.2C8H11N.C7H11N2O.CH4/c1-8(2)9-5-4-6-10(3)7-9;1-8(2)9-6-4-3-5-7-9;1-7(2)8-3-5-9(10)6-4-8;1-7(2)8-3-5-9-6-4-8;1-7(2)8-4-3-5-9-6-8;1-6(2)7-3-4-8-5-9(7)10;/h4-8H,1-3H3;3-8H,1-2H3;3-7,10H,1-2H3;2*3-7H,1-2H3;3-6,10H,1-2H3;1H4/q+1;;+1;;;+1;. The minimum absolute atomic E-state index is 0. The third kappa shape index (κ3) is 22.9. The maximum atomic E-state index is 9.14. The van der Waals surface area contributed by atoms with Crippen LogP contribution in [0.1, 0.15) is 160 Å². The fourth-order valence-electron chi connectivity index (χ4n) is 4.89. The molecule has 1 aromatic carbocycles. The lowest BCUT2D eigenvalue weighted by Gasteiger charge is -2.01. The van der Waals surface area contributed by atoms with E-state index in [1.165, 1.54) is 34.1 Å². The lowest BCUT2D eigenvalue weighted by atomic mass is 10.0. The molecule has 0 atom stereocenters. The van der Waals surface area contributed by atoms with Crippen LogP contribution in [-0.4, -0.2) is 25.4 Å². The third-order valence-corrected chi connectivity index (χ3v) is 8.69. The van der Waals surface area contributed by atoms with Crippen molar-refractivity contribution in [3.8, 4) is 0 Å². The topological polar surface area (TPSA) is 90.8 Å². The Morgan fingerprint density at radius 1 is 0.431 bits per heavy atom. The van der Waals surface area contributed by atoms with Gasteiger partial charge in [-0.1, -0.05) is 137 Å². The molecule has 5 aromatic heterocycles.